The fourth-order valence-electron chi connectivity index (χ4n) is 4.63. The van der Waals surface area contributed by atoms with Gasteiger partial charge in [0.1, 0.15) is 5.02 Å². The van der Waals surface area contributed by atoms with Crippen molar-refractivity contribution in [2.75, 3.05) is 35.0 Å². The van der Waals surface area contributed by atoms with Crippen molar-refractivity contribution < 1.29 is 41.4 Å². The van der Waals surface area contributed by atoms with Gasteiger partial charge in [0.2, 0.25) is 20.0 Å². The topological polar surface area (TPSA) is 179 Å². The van der Waals surface area contributed by atoms with Crippen LogP contribution in [0.5, 0.6) is 5.75 Å². The molecule has 42 heavy (non-hydrogen) atoms. The number of aliphatic carboxylic acids is 1. The van der Waals surface area contributed by atoms with Gasteiger partial charge in [0.15, 0.2) is 17.2 Å². The molecule has 1 aromatic heterocycles. The van der Waals surface area contributed by atoms with Crippen LogP contribution < -0.4 is 19.1 Å². The minimum absolute atomic E-state index is 0.0951. The van der Waals surface area contributed by atoms with Crippen molar-refractivity contribution in [3.05, 3.63) is 64.0 Å². The van der Waals surface area contributed by atoms with E-state index in [2.05, 4.69) is 10.0 Å². The zero-order chi connectivity index (χ0) is 30.7. The molecule has 1 aliphatic rings. The molecule has 2 aromatic carbocycles. The quantitative estimate of drug-likeness (QED) is 0.224. The highest BCUT2D eigenvalue weighted by Gasteiger charge is 2.32. The third kappa shape index (κ3) is 7.72. The number of hydrogen-bond acceptors (Lipinski definition) is 9. The van der Waals surface area contributed by atoms with Crippen molar-refractivity contribution >= 4 is 66.3 Å². The first-order valence-electron chi connectivity index (χ1n) is 12.6. The standard InChI is InChI=1S/C26H28ClN3O9S3/c1-41(35,36)29-18-6-2-4-16(12-18)15-42(37,38)30(19-8-10-28-11-9-19)20-7-3-5-17(13-20)24-22(27)23(39-14-21(31)32)25(40-24)26(33)34/h2-7,12-13,19,28-29H,8-11,14-15H2,1H3,(H,31,32)(H,33,34). The third-order valence-electron chi connectivity index (χ3n) is 6.23. The maximum absolute atomic E-state index is 14.0. The average Bonchev–Trinajstić information content (AvgIpc) is 3.23. The molecular weight excluding hydrogens is 630 g/mol. The maximum Gasteiger partial charge on any atom is 0.349 e. The lowest BCUT2D eigenvalue weighted by molar-refractivity contribution is -0.139. The molecule has 4 rings (SSSR count). The van der Waals surface area contributed by atoms with Crippen LogP contribution in [0, 0.1) is 0 Å². The summed E-state index contributed by atoms with van der Waals surface area (Å²) in [4.78, 5) is 22.8. The van der Waals surface area contributed by atoms with Gasteiger partial charge in [-0.3, -0.25) is 9.03 Å². The number of nitrogens with zero attached hydrogens (tertiary/aromatic N) is 1. The van der Waals surface area contributed by atoms with Crippen molar-refractivity contribution in [2.45, 2.75) is 24.6 Å². The number of carboxylic acid groups (broad SMARTS) is 2. The maximum atomic E-state index is 14.0. The highest BCUT2D eigenvalue weighted by atomic mass is 35.5. The van der Waals surface area contributed by atoms with Gasteiger partial charge in [-0.2, -0.15) is 0 Å². The third-order valence-corrected chi connectivity index (χ3v) is 10.3. The predicted octanol–water partition coefficient (Wildman–Crippen LogP) is 3.69. The highest BCUT2D eigenvalue weighted by molar-refractivity contribution is 7.92. The summed E-state index contributed by atoms with van der Waals surface area (Å²) in [6.45, 7) is 0.416. The summed E-state index contributed by atoms with van der Waals surface area (Å²) in [5.41, 5.74) is 1.37. The molecule has 12 nitrogen and oxygen atoms in total. The number of ether oxygens (including phenoxy) is 1. The summed E-state index contributed by atoms with van der Waals surface area (Å²) in [6.07, 6.45) is 2.08. The van der Waals surface area contributed by atoms with Crippen molar-refractivity contribution in [2.24, 2.45) is 0 Å². The van der Waals surface area contributed by atoms with E-state index in [-0.39, 0.29) is 32.3 Å². The van der Waals surface area contributed by atoms with Gasteiger partial charge in [-0.1, -0.05) is 35.9 Å². The van der Waals surface area contributed by atoms with Crippen LogP contribution in [0.3, 0.4) is 0 Å². The van der Waals surface area contributed by atoms with E-state index in [1.165, 1.54) is 16.4 Å². The van der Waals surface area contributed by atoms with Crippen LogP contribution >= 0.6 is 22.9 Å². The molecule has 1 saturated heterocycles. The number of halogens is 1. The smallest absolute Gasteiger partial charge is 0.349 e. The number of aromatic carboxylic acids is 1. The fraction of sp³-hybridized carbons (Fsp3) is 0.308. The molecule has 0 unspecified atom stereocenters. The number of thiophene rings is 1. The van der Waals surface area contributed by atoms with Crippen LogP contribution in [0.15, 0.2) is 48.5 Å². The molecule has 0 spiro atoms. The minimum Gasteiger partial charge on any atom is -0.479 e. The van der Waals surface area contributed by atoms with Crippen LogP contribution in [-0.4, -0.2) is 71.0 Å². The molecule has 1 aliphatic heterocycles. The first-order chi connectivity index (χ1) is 19.7. The summed E-state index contributed by atoms with van der Waals surface area (Å²) < 4.78 is 60.2. The molecule has 4 N–H and O–H groups in total. The molecule has 2 heterocycles. The lowest BCUT2D eigenvalue weighted by Gasteiger charge is -2.35. The second-order valence-corrected chi connectivity index (χ2v) is 14.5. The molecule has 0 amide bonds. The minimum atomic E-state index is -4.02. The van der Waals surface area contributed by atoms with Crippen molar-refractivity contribution in [1.82, 2.24) is 5.32 Å². The summed E-state index contributed by atoms with van der Waals surface area (Å²) in [6, 6.07) is 12.3. The second-order valence-electron chi connectivity index (χ2n) is 9.55. The van der Waals surface area contributed by atoms with Gasteiger partial charge >= 0.3 is 11.9 Å². The summed E-state index contributed by atoms with van der Waals surface area (Å²) in [5.74, 6) is -3.34. The fourth-order valence-corrected chi connectivity index (χ4v) is 8.43. The van der Waals surface area contributed by atoms with E-state index in [1.807, 2.05) is 0 Å². The first kappa shape index (κ1) is 31.6. The van der Waals surface area contributed by atoms with E-state index in [4.69, 9.17) is 21.4 Å². The van der Waals surface area contributed by atoms with Crippen LogP contribution in [0.25, 0.3) is 10.4 Å². The Kier molecular flexibility index (Phi) is 9.67. The van der Waals surface area contributed by atoms with E-state index in [1.54, 1.807) is 36.4 Å². The zero-order valence-corrected chi connectivity index (χ0v) is 25.4. The molecule has 0 radical (unpaired) electrons. The number of anilines is 2. The largest absolute Gasteiger partial charge is 0.479 e. The Labute approximate surface area is 252 Å². The Hall–Kier alpha value is -3.37. The van der Waals surface area contributed by atoms with E-state index in [0.717, 1.165) is 17.6 Å². The van der Waals surface area contributed by atoms with Crippen LogP contribution in [0.4, 0.5) is 11.4 Å². The molecule has 16 heteroatoms. The number of hydrogen-bond donors (Lipinski definition) is 4. The van der Waals surface area contributed by atoms with Gasteiger partial charge in [0.05, 0.1) is 22.6 Å². The molecule has 0 saturated carbocycles. The lowest BCUT2D eigenvalue weighted by Crippen LogP contribution is -2.46. The number of piperidine rings is 1. The first-order valence-corrected chi connectivity index (χ1v) is 17.2. The average molecular weight is 658 g/mol. The predicted molar refractivity (Wildman–Crippen MR) is 161 cm³/mol. The zero-order valence-electron chi connectivity index (χ0n) is 22.2. The summed E-state index contributed by atoms with van der Waals surface area (Å²) >= 11 is 7.26. The summed E-state index contributed by atoms with van der Waals surface area (Å²) in [5, 5.41) is 21.8. The van der Waals surface area contributed by atoms with Gasteiger partial charge in [-0.05, 0) is 61.3 Å². The van der Waals surface area contributed by atoms with Crippen molar-refractivity contribution in [3.63, 3.8) is 0 Å². The van der Waals surface area contributed by atoms with Gasteiger partial charge in [0, 0.05) is 11.7 Å². The van der Waals surface area contributed by atoms with Crippen LogP contribution in [0.2, 0.25) is 5.02 Å². The van der Waals surface area contributed by atoms with E-state index < -0.39 is 44.3 Å². The Balaban J connectivity index is 1.75. The molecule has 1 fully saturated rings. The van der Waals surface area contributed by atoms with Crippen molar-refractivity contribution in [3.8, 4) is 16.2 Å². The van der Waals surface area contributed by atoms with Gasteiger partial charge in [-0.25, -0.2) is 26.4 Å². The van der Waals surface area contributed by atoms with E-state index >= 15 is 0 Å². The molecule has 0 bridgehead atoms. The highest BCUT2D eigenvalue weighted by Crippen LogP contribution is 2.46. The molecular formula is C26H28ClN3O9S3. The number of carboxylic acids is 2. The molecule has 226 valence electrons. The second kappa shape index (κ2) is 12.9. The van der Waals surface area contributed by atoms with Gasteiger partial charge in [0.25, 0.3) is 0 Å². The number of nitrogens with one attached hydrogen (secondary N) is 2. The SMILES string of the molecule is CS(=O)(=O)Nc1cccc(CS(=O)(=O)N(c2cccc(-c3sc(C(=O)O)c(OCC(=O)O)c3Cl)c2)C2CCNCC2)c1. The van der Waals surface area contributed by atoms with Crippen LogP contribution in [0.1, 0.15) is 28.1 Å². The van der Waals surface area contributed by atoms with E-state index in [9.17, 15) is 31.5 Å². The van der Waals surface area contributed by atoms with Crippen LogP contribution in [-0.2, 0) is 30.6 Å². The molecule has 3 aromatic rings. The Bertz CT molecular complexity index is 1700. The number of rotatable bonds is 12. The van der Waals surface area contributed by atoms with Gasteiger partial charge < -0.3 is 20.3 Å². The molecule has 0 aliphatic carbocycles. The number of benzene rings is 2. The Morgan fingerprint density at radius 1 is 1.10 bits per heavy atom. The van der Waals surface area contributed by atoms with Gasteiger partial charge in [-0.15, -0.1) is 11.3 Å². The number of sulfonamides is 2. The summed E-state index contributed by atoms with van der Waals surface area (Å²) in [7, 11) is -7.58. The Morgan fingerprint density at radius 3 is 2.43 bits per heavy atom. The lowest BCUT2D eigenvalue weighted by atomic mass is 10.1. The molecule has 0 atom stereocenters. The number of carbonyl (C=O) groups is 2. The van der Waals surface area contributed by atoms with Crippen molar-refractivity contribution in [1.29, 1.82) is 0 Å². The Morgan fingerprint density at radius 2 is 1.79 bits per heavy atom. The van der Waals surface area contributed by atoms with E-state index in [0.29, 0.717) is 42.7 Å². The monoisotopic (exact) mass is 657 g/mol. The normalized spacial score (nSPS) is 14.3.